The molecule has 0 aromatic heterocycles. The van der Waals surface area contributed by atoms with E-state index in [-0.39, 0.29) is 11.4 Å². The molecule has 2 aliphatic rings. The monoisotopic (exact) mass is 505 g/mol. The normalized spacial score (nSPS) is 20.7. The molecular formula is C26H23N3O8. The smallest absolute Gasteiger partial charge is 0.269 e. The van der Waals surface area contributed by atoms with Gasteiger partial charge in [0.2, 0.25) is 5.91 Å². The second-order valence-electron chi connectivity index (χ2n) is 8.39. The van der Waals surface area contributed by atoms with E-state index in [2.05, 4.69) is 0 Å². The maximum atomic E-state index is 13.8. The third kappa shape index (κ3) is 3.89. The van der Waals surface area contributed by atoms with E-state index in [1.807, 2.05) is 30.3 Å². The Morgan fingerprint density at radius 1 is 0.811 bits per heavy atom. The third-order valence-corrected chi connectivity index (χ3v) is 6.50. The van der Waals surface area contributed by atoms with Gasteiger partial charge in [-0.1, -0.05) is 18.2 Å². The first-order chi connectivity index (χ1) is 17.9. The number of para-hydroxylation sites is 1. The summed E-state index contributed by atoms with van der Waals surface area (Å²) in [5, 5.41) is 12.6. The van der Waals surface area contributed by atoms with Crippen molar-refractivity contribution in [2.75, 3.05) is 31.3 Å². The van der Waals surface area contributed by atoms with Crippen LogP contribution in [0, 0.1) is 16.0 Å². The van der Waals surface area contributed by atoms with Gasteiger partial charge in [0.1, 0.15) is 17.7 Å². The quantitative estimate of drug-likeness (QED) is 0.269. The number of carbonyl (C=O) groups is 2. The largest absolute Gasteiger partial charge is 0.496 e. The summed E-state index contributed by atoms with van der Waals surface area (Å²) in [6.07, 6.45) is -1.12. The van der Waals surface area contributed by atoms with Gasteiger partial charge in [-0.05, 0) is 30.3 Å². The lowest BCUT2D eigenvalue weighted by atomic mass is 9.89. The SMILES string of the molecule is COc1cc(OC)c([C@@H]2[C@H]3C(=O)N(c4ccc([N+](=O)[O-])cc4)C(=O)[C@H]3ON2c2ccccc2)cc1OC. The van der Waals surface area contributed by atoms with Gasteiger partial charge in [0.05, 0.1) is 37.6 Å². The Balaban J connectivity index is 1.62. The Hall–Kier alpha value is -4.64. The van der Waals surface area contributed by atoms with E-state index in [9.17, 15) is 19.7 Å². The van der Waals surface area contributed by atoms with Crippen LogP contribution < -0.4 is 24.2 Å². The molecular weight excluding hydrogens is 482 g/mol. The van der Waals surface area contributed by atoms with Crippen LogP contribution in [0.2, 0.25) is 0 Å². The highest BCUT2D eigenvalue weighted by Crippen LogP contribution is 2.51. The first kappa shape index (κ1) is 24.1. The Bertz CT molecular complexity index is 1360. The lowest BCUT2D eigenvalue weighted by molar-refractivity contribution is -0.384. The molecule has 2 aliphatic heterocycles. The number of nitro groups is 1. The standard InChI is InChI=1S/C26H23N3O8/c1-34-19-14-21(36-3)20(35-2)13-18(19)23-22-24(37-28(23)16-7-5-4-6-8-16)26(31)27(25(22)30)15-9-11-17(12-10-15)29(32)33/h4-14,22-24H,1-3H3/t22-,23-,24+/m1/s1. The first-order valence-electron chi connectivity index (χ1n) is 11.3. The van der Waals surface area contributed by atoms with Gasteiger partial charge < -0.3 is 14.2 Å². The number of hydroxylamine groups is 1. The molecule has 2 heterocycles. The minimum Gasteiger partial charge on any atom is -0.496 e. The fourth-order valence-corrected chi connectivity index (χ4v) is 4.79. The van der Waals surface area contributed by atoms with E-state index in [1.165, 1.54) is 45.6 Å². The van der Waals surface area contributed by atoms with Crippen LogP contribution in [-0.4, -0.2) is 44.2 Å². The Morgan fingerprint density at radius 2 is 1.43 bits per heavy atom. The van der Waals surface area contributed by atoms with Crippen molar-refractivity contribution in [2.45, 2.75) is 12.1 Å². The molecule has 2 saturated heterocycles. The van der Waals surface area contributed by atoms with Crippen LogP contribution in [0.5, 0.6) is 17.2 Å². The molecule has 11 heteroatoms. The molecule has 0 spiro atoms. The summed E-state index contributed by atoms with van der Waals surface area (Å²) in [4.78, 5) is 45.0. The van der Waals surface area contributed by atoms with Crippen molar-refractivity contribution < 1.29 is 33.6 Å². The van der Waals surface area contributed by atoms with Crippen molar-refractivity contribution in [3.63, 3.8) is 0 Å². The fraction of sp³-hybridized carbons (Fsp3) is 0.231. The van der Waals surface area contributed by atoms with E-state index in [1.54, 1.807) is 17.2 Å². The van der Waals surface area contributed by atoms with Crippen LogP contribution in [0.4, 0.5) is 17.1 Å². The van der Waals surface area contributed by atoms with Crippen LogP contribution in [-0.2, 0) is 14.4 Å². The highest BCUT2D eigenvalue weighted by Gasteiger charge is 2.61. The average molecular weight is 505 g/mol. The maximum absolute atomic E-state index is 13.8. The minimum atomic E-state index is -1.12. The van der Waals surface area contributed by atoms with Crippen LogP contribution >= 0.6 is 0 Å². The van der Waals surface area contributed by atoms with Gasteiger partial charge in [0, 0.05) is 23.8 Å². The van der Waals surface area contributed by atoms with Crippen molar-refractivity contribution in [2.24, 2.45) is 5.92 Å². The number of ether oxygens (including phenoxy) is 3. The van der Waals surface area contributed by atoms with E-state index in [4.69, 9.17) is 19.0 Å². The highest BCUT2D eigenvalue weighted by atomic mass is 16.7. The number of amides is 2. The molecule has 3 atom stereocenters. The van der Waals surface area contributed by atoms with Crippen LogP contribution in [0.3, 0.4) is 0 Å². The molecule has 0 bridgehead atoms. The summed E-state index contributed by atoms with van der Waals surface area (Å²) in [7, 11) is 4.50. The van der Waals surface area contributed by atoms with Crippen LogP contribution in [0.25, 0.3) is 0 Å². The number of imide groups is 1. The molecule has 0 aliphatic carbocycles. The van der Waals surface area contributed by atoms with Gasteiger partial charge in [-0.15, -0.1) is 0 Å². The predicted molar refractivity (Wildman–Crippen MR) is 132 cm³/mol. The molecule has 2 amide bonds. The number of carbonyl (C=O) groups excluding carboxylic acids is 2. The Labute approximate surface area is 211 Å². The molecule has 0 unspecified atom stereocenters. The van der Waals surface area contributed by atoms with E-state index in [0.29, 0.717) is 28.5 Å². The van der Waals surface area contributed by atoms with Crippen molar-refractivity contribution in [3.8, 4) is 17.2 Å². The van der Waals surface area contributed by atoms with Gasteiger partial charge in [-0.3, -0.25) is 24.5 Å². The van der Waals surface area contributed by atoms with Gasteiger partial charge in [-0.25, -0.2) is 9.96 Å². The molecule has 0 N–H and O–H groups in total. The van der Waals surface area contributed by atoms with E-state index in [0.717, 1.165) is 4.90 Å². The summed E-state index contributed by atoms with van der Waals surface area (Å²) < 4.78 is 16.6. The summed E-state index contributed by atoms with van der Waals surface area (Å²) in [5.41, 5.74) is 1.27. The van der Waals surface area contributed by atoms with Crippen molar-refractivity contribution in [3.05, 3.63) is 82.4 Å². The number of rotatable bonds is 7. The average Bonchev–Trinajstić information content (AvgIpc) is 3.43. The summed E-state index contributed by atoms with van der Waals surface area (Å²) in [6, 6.07) is 16.9. The molecule has 2 fully saturated rings. The molecule has 37 heavy (non-hydrogen) atoms. The van der Waals surface area contributed by atoms with Gasteiger partial charge in [-0.2, -0.15) is 0 Å². The van der Waals surface area contributed by atoms with Crippen LogP contribution in [0.15, 0.2) is 66.7 Å². The highest BCUT2D eigenvalue weighted by molar-refractivity contribution is 6.24. The topological polar surface area (TPSA) is 121 Å². The van der Waals surface area contributed by atoms with Crippen molar-refractivity contribution >= 4 is 28.9 Å². The molecule has 0 radical (unpaired) electrons. The Kier molecular flexibility index (Phi) is 6.14. The number of nitro benzene ring substituents is 1. The molecule has 3 aromatic rings. The number of nitrogens with zero attached hydrogens (tertiary/aromatic N) is 3. The summed E-state index contributed by atoms with van der Waals surface area (Å²) in [6.45, 7) is 0. The Morgan fingerprint density at radius 3 is 2.03 bits per heavy atom. The zero-order chi connectivity index (χ0) is 26.3. The summed E-state index contributed by atoms with van der Waals surface area (Å²) in [5.74, 6) is -0.725. The van der Waals surface area contributed by atoms with Crippen LogP contribution in [0.1, 0.15) is 11.6 Å². The lowest BCUT2D eigenvalue weighted by Crippen LogP contribution is -2.37. The summed E-state index contributed by atoms with van der Waals surface area (Å²) >= 11 is 0. The molecule has 11 nitrogen and oxygen atoms in total. The lowest BCUT2D eigenvalue weighted by Gasteiger charge is -2.30. The number of benzene rings is 3. The minimum absolute atomic E-state index is 0.150. The van der Waals surface area contributed by atoms with Crippen molar-refractivity contribution in [1.82, 2.24) is 0 Å². The second-order valence-corrected chi connectivity index (χ2v) is 8.39. The molecule has 3 aromatic carbocycles. The number of hydrogen-bond donors (Lipinski definition) is 0. The molecule has 5 rings (SSSR count). The molecule has 190 valence electrons. The van der Waals surface area contributed by atoms with Gasteiger partial charge >= 0.3 is 0 Å². The van der Waals surface area contributed by atoms with E-state index >= 15 is 0 Å². The van der Waals surface area contributed by atoms with Gasteiger partial charge in [0.25, 0.3) is 11.6 Å². The van der Waals surface area contributed by atoms with E-state index < -0.39 is 34.8 Å². The predicted octanol–water partition coefficient (Wildman–Crippen LogP) is 3.67. The number of hydrogen-bond acceptors (Lipinski definition) is 9. The maximum Gasteiger partial charge on any atom is 0.269 e. The first-order valence-corrected chi connectivity index (χ1v) is 11.3. The molecule has 0 saturated carbocycles. The zero-order valence-electron chi connectivity index (χ0n) is 20.2. The number of fused-ring (bicyclic) bond motifs is 1. The second kappa shape index (κ2) is 9.43. The number of anilines is 2. The van der Waals surface area contributed by atoms with Crippen molar-refractivity contribution in [1.29, 1.82) is 0 Å². The number of methoxy groups -OCH3 is 3. The number of non-ortho nitro benzene ring substituents is 1. The zero-order valence-corrected chi connectivity index (χ0v) is 20.2. The van der Waals surface area contributed by atoms with Gasteiger partial charge in [0.15, 0.2) is 17.6 Å². The third-order valence-electron chi connectivity index (χ3n) is 6.50. The fourth-order valence-electron chi connectivity index (χ4n) is 4.79.